The molecule has 1 saturated heterocycles. The number of rotatable bonds is 6. The number of benzene rings is 2. The number of para-hydroxylation sites is 1. The van der Waals surface area contributed by atoms with Gasteiger partial charge in [-0.2, -0.15) is 4.31 Å². The molecule has 27 heavy (non-hydrogen) atoms. The van der Waals surface area contributed by atoms with Gasteiger partial charge >= 0.3 is 0 Å². The molecule has 2 aromatic rings. The van der Waals surface area contributed by atoms with Gasteiger partial charge in [0.2, 0.25) is 10.0 Å². The summed E-state index contributed by atoms with van der Waals surface area (Å²) in [6, 6.07) is 13.1. The smallest absolute Gasteiger partial charge is 0.243 e. The molecule has 0 saturated carbocycles. The number of anilines is 1. The molecule has 6 heteroatoms. The van der Waals surface area contributed by atoms with Crippen molar-refractivity contribution in [2.75, 3.05) is 38.2 Å². The van der Waals surface area contributed by atoms with E-state index < -0.39 is 10.0 Å². The molecule has 0 atom stereocenters. The summed E-state index contributed by atoms with van der Waals surface area (Å²) in [5, 5.41) is 0. The maximum Gasteiger partial charge on any atom is 0.243 e. The summed E-state index contributed by atoms with van der Waals surface area (Å²) >= 11 is 0. The van der Waals surface area contributed by atoms with Crippen LogP contribution >= 0.6 is 0 Å². The van der Waals surface area contributed by atoms with Crippen molar-refractivity contribution in [3.8, 4) is 5.75 Å². The lowest BCUT2D eigenvalue weighted by Crippen LogP contribution is -2.49. The summed E-state index contributed by atoms with van der Waals surface area (Å²) in [6.07, 6.45) is 1.96. The normalized spacial score (nSPS) is 15.7. The van der Waals surface area contributed by atoms with Crippen LogP contribution in [0.3, 0.4) is 0 Å². The van der Waals surface area contributed by atoms with Crippen molar-refractivity contribution in [1.82, 2.24) is 4.31 Å². The molecular weight excluding hydrogens is 360 g/mol. The molecule has 1 aliphatic rings. The predicted octanol–water partition coefficient (Wildman–Crippen LogP) is 3.33. The monoisotopic (exact) mass is 388 g/mol. The van der Waals surface area contributed by atoms with Gasteiger partial charge in [-0.05, 0) is 48.2 Å². The van der Waals surface area contributed by atoms with Crippen molar-refractivity contribution < 1.29 is 13.2 Å². The van der Waals surface area contributed by atoms with E-state index in [-0.39, 0.29) is 0 Å². The van der Waals surface area contributed by atoms with Crippen LogP contribution in [0.5, 0.6) is 5.75 Å². The molecule has 2 aromatic carbocycles. The van der Waals surface area contributed by atoms with Crippen LogP contribution in [0.25, 0.3) is 0 Å². The number of methoxy groups -OCH3 is 1. The van der Waals surface area contributed by atoms with Gasteiger partial charge in [0.05, 0.1) is 12.0 Å². The zero-order valence-electron chi connectivity index (χ0n) is 16.3. The van der Waals surface area contributed by atoms with Crippen LogP contribution in [-0.2, 0) is 22.9 Å². The van der Waals surface area contributed by atoms with Crippen LogP contribution in [0.1, 0.15) is 25.0 Å². The van der Waals surface area contributed by atoms with Crippen LogP contribution in [0.4, 0.5) is 5.69 Å². The Morgan fingerprint density at radius 3 is 1.93 bits per heavy atom. The topological polar surface area (TPSA) is 49.9 Å². The van der Waals surface area contributed by atoms with E-state index >= 15 is 0 Å². The summed E-state index contributed by atoms with van der Waals surface area (Å²) in [7, 11) is -1.90. The Kier molecular flexibility index (Phi) is 6.07. The van der Waals surface area contributed by atoms with Gasteiger partial charge in [0.25, 0.3) is 0 Å². The average Bonchev–Trinajstić information content (AvgIpc) is 2.73. The molecule has 0 aliphatic carbocycles. The molecule has 5 nitrogen and oxygen atoms in total. The third-order valence-electron chi connectivity index (χ3n) is 5.22. The van der Waals surface area contributed by atoms with Crippen LogP contribution in [0.15, 0.2) is 47.4 Å². The molecule has 1 fully saturated rings. The van der Waals surface area contributed by atoms with Crippen molar-refractivity contribution in [1.29, 1.82) is 0 Å². The Labute approximate surface area is 162 Å². The molecule has 0 radical (unpaired) electrons. The molecule has 3 rings (SSSR count). The number of ether oxygens (including phenoxy) is 1. The first kappa shape index (κ1) is 19.7. The van der Waals surface area contributed by atoms with Gasteiger partial charge in [-0.25, -0.2) is 8.42 Å². The van der Waals surface area contributed by atoms with Crippen LogP contribution in [0.2, 0.25) is 0 Å². The van der Waals surface area contributed by atoms with Crippen molar-refractivity contribution in [2.45, 2.75) is 31.6 Å². The number of hydrogen-bond acceptors (Lipinski definition) is 4. The highest BCUT2D eigenvalue weighted by molar-refractivity contribution is 7.89. The Morgan fingerprint density at radius 1 is 0.889 bits per heavy atom. The van der Waals surface area contributed by atoms with E-state index in [2.05, 4.69) is 36.9 Å². The van der Waals surface area contributed by atoms with Crippen molar-refractivity contribution >= 4 is 15.7 Å². The molecule has 0 unspecified atom stereocenters. The Bertz CT molecular complexity index is 849. The second kappa shape index (κ2) is 8.31. The summed E-state index contributed by atoms with van der Waals surface area (Å²) < 4.78 is 32.6. The lowest BCUT2D eigenvalue weighted by atomic mass is 10.0. The minimum Gasteiger partial charge on any atom is -0.497 e. The molecule has 0 spiro atoms. The first-order valence-corrected chi connectivity index (χ1v) is 10.9. The minimum absolute atomic E-state index is 0.319. The molecule has 0 amide bonds. The van der Waals surface area contributed by atoms with Gasteiger partial charge in [-0.15, -0.1) is 0 Å². The zero-order chi connectivity index (χ0) is 19.4. The van der Waals surface area contributed by atoms with E-state index in [9.17, 15) is 8.42 Å². The molecule has 1 aliphatic heterocycles. The fourth-order valence-corrected chi connectivity index (χ4v) is 5.09. The second-order valence-corrected chi connectivity index (χ2v) is 8.64. The van der Waals surface area contributed by atoms with Crippen LogP contribution in [-0.4, -0.2) is 46.0 Å². The van der Waals surface area contributed by atoms with E-state index in [1.165, 1.54) is 16.8 Å². The van der Waals surface area contributed by atoms with E-state index in [0.717, 1.165) is 12.8 Å². The number of piperazine rings is 1. The van der Waals surface area contributed by atoms with E-state index in [4.69, 9.17) is 4.74 Å². The van der Waals surface area contributed by atoms with Crippen molar-refractivity contribution in [2.24, 2.45) is 0 Å². The predicted molar refractivity (Wildman–Crippen MR) is 109 cm³/mol. The third-order valence-corrected chi connectivity index (χ3v) is 7.13. The van der Waals surface area contributed by atoms with Gasteiger partial charge in [0, 0.05) is 31.9 Å². The molecular formula is C21H28N2O3S. The van der Waals surface area contributed by atoms with Crippen LogP contribution < -0.4 is 9.64 Å². The molecule has 0 N–H and O–H groups in total. The Hall–Kier alpha value is -2.05. The highest BCUT2D eigenvalue weighted by Gasteiger charge is 2.29. The zero-order valence-corrected chi connectivity index (χ0v) is 17.1. The van der Waals surface area contributed by atoms with Crippen molar-refractivity contribution in [3.05, 3.63) is 53.6 Å². The van der Waals surface area contributed by atoms with Gasteiger partial charge < -0.3 is 9.64 Å². The summed E-state index contributed by atoms with van der Waals surface area (Å²) in [5.41, 5.74) is 3.96. The van der Waals surface area contributed by atoms with E-state index in [0.29, 0.717) is 36.8 Å². The number of sulfonamides is 1. The summed E-state index contributed by atoms with van der Waals surface area (Å²) in [6.45, 7) is 6.75. The van der Waals surface area contributed by atoms with Crippen molar-refractivity contribution in [3.63, 3.8) is 0 Å². The fourth-order valence-electron chi connectivity index (χ4n) is 3.67. The average molecular weight is 389 g/mol. The Morgan fingerprint density at radius 2 is 1.44 bits per heavy atom. The highest BCUT2D eigenvalue weighted by atomic mass is 32.2. The quantitative estimate of drug-likeness (QED) is 0.762. The first-order valence-electron chi connectivity index (χ1n) is 9.51. The number of hydrogen-bond donors (Lipinski definition) is 0. The highest BCUT2D eigenvalue weighted by Crippen LogP contribution is 2.29. The largest absolute Gasteiger partial charge is 0.497 e. The molecule has 146 valence electrons. The fraction of sp³-hybridized carbons (Fsp3) is 0.429. The first-order chi connectivity index (χ1) is 13.0. The third kappa shape index (κ3) is 3.96. The lowest BCUT2D eigenvalue weighted by Gasteiger charge is -2.37. The molecule has 1 heterocycles. The van der Waals surface area contributed by atoms with Gasteiger partial charge in [-0.3, -0.25) is 0 Å². The number of nitrogens with zero attached hydrogens (tertiary/aromatic N) is 2. The summed E-state index contributed by atoms with van der Waals surface area (Å²) in [4.78, 5) is 2.66. The maximum atomic E-state index is 12.9. The molecule has 0 aromatic heterocycles. The second-order valence-electron chi connectivity index (χ2n) is 6.70. The molecule has 0 bridgehead atoms. The van der Waals surface area contributed by atoms with Gasteiger partial charge in [0.1, 0.15) is 5.75 Å². The van der Waals surface area contributed by atoms with Gasteiger partial charge in [-0.1, -0.05) is 32.0 Å². The van der Waals surface area contributed by atoms with Gasteiger partial charge in [0.15, 0.2) is 0 Å². The number of aryl methyl sites for hydroxylation is 2. The minimum atomic E-state index is -3.47. The lowest BCUT2D eigenvalue weighted by molar-refractivity contribution is 0.384. The van der Waals surface area contributed by atoms with Crippen LogP contribution in [0, 0.1) is 0 Å². The van der Waals surface area contributed by atoms with E-state index in [1.807, 2.05) is 0 Å². The SMILES string of the molecule is CCc1cccc(CC)c1N1CCN(S(=O)(=O)c2ccc(OC)cc2)CC1. The standard InChI is InChI=1S/C21H28N2O3S/c1-4-17-7-6-8-18(5-2)21(17)22-13-15-23(16-14-22)27(24,25)20-11-9-19(26-3)10-12-20/h6-12H,4-5,13-16H2,1-3H3. The maximum absolute atomic E-state index is 12.9. The van der Waals surface area contributed by atoms with E-state index in [1.54, 1.807) is 35.7 Å². The summed E-state index contributed by atoms with van der Waals surface area (Å²) in [5.74, 6) is 0.655. The Balaban J connectivity index is 1.77.